The van der Waals surface area contributed by atoms with Crippen molar-refractivity contribution in [1.29, 1.82) is 0 Å². The van der Waals surface area contributed by atoms with E-state index < -0.39 is 10.8 Å². The smallest absolute Gasteiger partial charge is 0.0498 e. The zero-order valence-corrected chi connectivity index (χ0v) is 8.77. The van der Waals surface area contributed by atoms with Gasteiger partial charge in [0.05, 0.1) is 0 Å². The average Bonchev–Trinajstić information content (AvgIpc) is 2.05. The minimum atomic E-state index is -0.729. The monoisotopic (exact) mass is 189 g/mol. The zero-order valence-electron chi connectivity index (χ0n) is 7.95. The van der Waals surface area contributed by atoms with Crippen molar-refractivity contribution < 1.29 is 4.21 Å². The fourth-order valence-electron chi connectivity index (χ4n) is 1.99. The summed E-state index contributed by atoms with van der Waals surface area (Å²) in [5.41, 5.74) is 5.90. The van der Waals surface area contributed by atoms with Crippen molar-refractivity contribution in [2.45, 2.75) is 43.9 Å². The molecule has 1 rings (SSSR count). The molecule has 12 heavy (non-hydrogen) atoms. The lowest BCUT2D eigenvalue weighted by atomic mass is 9.84. The summed E-state index contributed by atoms with van der Waals surface area (Å²) in [5, 5.41) is 0.253. The summed E-state index contributed by atoms with van der Waals surface area (Å²) in [4.78, 5) is 0. The van der Waals surface area contributed by atoms with Crippen molar-refractivity contribution in [3.05, 3.63) is 0 Å². The van der Waals surface area contributed by atoms with Gasteiger partial charge in [-0.05, 0) is 25.2 Å². The van der Waals surface area contributed by atoms with Gasteiger partial charge in [0.25, 0.3) is 0 Å². The number of hydrogen-bond acceptors (Lipinski definition) is 2. The number of rotatable bonds is 2. The Labute approximate surface area is 77.4 Å². The highest BCUT2D eigenvalue weighted by molar-refractivity contribution is 7.85. The SMILES string of the molecule is CCC1CCC(N)C(S(C)=O)C1. The molecule has 0 amide bonds. The first-order chi connectivity index (χ1) is 5.65. The highest BCUT2D eigenvalue weighted by Crippen LogP contribution is 2.28. The first-order valence-corrected chi connectivity index (χ1v) is 6.35. The van der Waals surface area contributed by atoms with Crippen molar-refractivity contribution in [2.24, 2.45) is 11.7 Å². The fraction of sp³-hybridized carbons (Fsp3) is 1.00. The predicted molar refractivity (Wildman–Crippen MR) is 53.5 cm³/mol. The van der Waals surface area contributed by atoms with Crippen LogP contribution in [-0.4, -0.2) is 21.8 Å². The second kappa shape index (κ2) is 4.38. The van der Waals surface area contributed by atoms with Crippen LogP contribution < -0.4 is 5.73 Å². The Bertz CT molecular complexity index is 172. The summed E-state index contributed by atoms with van der Waals surface area (Å²) in [6.45, 7) is 2.21. The molecular weight excluding hydrogens is 170 g/mol. The maximum Gasteiger partial charge on any atom is 0.0498 e. The molecule has 2 N–H and O–H groups in total. The van der Waals surface area contributed by atoms with Gasteiger partial charge in [-0.3, -0.25) is 4.21 Å². The molecule has 4 unspecified atom stereocenters. The van der Waals surface area contributed by atoms with Gasteiger partial charge in [-0.15, -0.1) is 0 Å². The molecule has 0 aromatic heterocycles. The Hall–Kier alpha value is 0.110. The Morgan fingerprint density at radius 3 is 2.67 bits per heavy atom. The third kappa shape index (κ3) is 2.30. The average molecular weight is 189 g/mol. The maximum atomic E-state index is 11.3. The van der Waals surface area contributed by atoms with Crippen LogP contribution in [0.2, 0.25) is 0 Å². The minimum absolute atomic E-state index is 0.179. The standard InChI is InChI=1S/C9H19NOS/c1-3-7-4-5-8(10)9(6-7)12(2)11/h7-9H,3-6,10H2,1-2H3. The molecule has 1 aliphatic carbocycles. The van der Waals surface area contributed by atoms with E-state index in [4.69, 9.17) is 5.73 Å². The van der Waals surface area contributed by atoms with Crippen LogP contribution in [-0.2, 0) is 10.8 Å². The first-order valence-electron chi connectivity index (χ1n) is 4.73. The second-order valence-electron chi connectivity index (χ2n) is 3.79. The molecule has 1 fully saturated rings. The van der Waals surface area contributed by atoms with E-state index in [-0.39, 0.29) is 11.3 Å². The molecule has 0 bridgehead atoms. The molecule has 0 heterocycles. The minimum Gasteiger partial charge on any atom is -0.327 e. The Morgan fingerprint density at radius 1 is 1.50 bits per heavy atom. The summed E-state index contributed by atoms with van der Waals surface area (Å²) < 4.78 is 11.3. The summed E-state index contributed by atoms with van der Waals surface area (Å²) in [7, 11) is -0.729. The van der Waals surface area contributed by atoms with Crippen molar-refractivity contribution >= 4 is 10.8 Å². The molecule has 1 saturated carbocycles. The van der Waals surface area contributed by atoms with E-state index in [1.165, 1.54) is 12.8 Å². The van der Waals surface area contributed by atoms with E-state index in [0.29, 0.717) is 0 Å². The molecule has 0 aromatic carbocycles. The van der Waals surface area contributed by atoms with Gasteiger partial charge in [0.2, 0.25) is 0 Å². The van der Waals surface area contributed by atoms with Crippen LogP contribution in [0.4, 0.5) is 0 Å². The lowest BCUT2D eigenvalue weighted by molar-refractivity contribution is 0.324. The van der Waals surface area contributed by atoms with E-state index >= 15 is 0 Å². The summed E-state index contributed by atoms with van der Waals surface area (Å²) in [6.07, 6.45) is 6.35. The van der Waals surface area contributed by atoms with Gasteiger partial charge in [0.1, 0.15) is 0 Å². The predicted octanol–water partition coefficient (Wildman–Crippen LogP) is 1.27. The highest BCUT2D eigenvalue weighted by Gasteiger charge is 2.29. The third-order valence-corrected chi connectivity index (χ3v) is 4.35. The molecule has 0 radical (unpaired) electrons. The van der Waals surface area contributed by atoms with Crippen LogP contribution in [0, 0.1) is 5.92 Å². The van der Waals surface area contributed by atoms with Crippen LogP contribution in [0.15, 0.2) is 0 Å². The van der Waals surface area contributed by atoms with E-state index in [1.54, 1.807) is 6.26 Å². The van der Waals surface area contributed by atoms with Gasteiger partial charge in [-0.25, -0.2) is 0 Å². The zero-order chi connectivity index (χ0) is 9.14. The normalized spacial score (nSPS) is 39.4. The summed E-state index contributed by atoms with van der Waals surface area (Å²) >= 11 is 0. The molecule has 0 saturated heterocycles. The van der Waals surface area contributed by atoms with Crippen LogP contribution in [0.1, 0.15) is 32.6 Å². The largest absolute Gasteiger partial charge is 0.327 e. The lowest BCUT2D eigenvalue weighted by Gasteiger charge is -2.32. The fourth-order valence-corrected chi connectivity index (χ4v) is 3.16. The van der Waals surface area contributed by atoms with Gasteiger partial charge in [0, 0.05) is 28.3 Å². The van der Waals surface area contributed by atoms with E-state index in [0.717, 1.165) is 18.8 Å². The molecule has 72 valence electrons. The van der Waals surface area contributed by atoms with Gasteiger partial charge in [-0.1, -0.05) is 13.3 Å². The Morgan fingerprint density at radius 2 is 2.17 bits per heavy atom. The lowest BCUT2D eigenvalue weighted by Crippen LogP contribution is -2.42. The van der Waals surface area contributed by atoms with E-state index in [1.807, 2.05) is 0 Å². The van der Waals surface area contributed by atoms with Crippen molar-refractivity contribution in [1.82, 2.24) is 0 Å². The van der Waals surface area contributed by atoms with Crippen LogP contribution in [0.3, 0.4) is 0 Å². The summed E-state index contributed by atoms with van der Waals surface area (Å²) in [5.74, 6) is 0.763. The number of nitrogens with two attached hydrogens (primary N) is 1. The topological polar surface area (TPSA) is 43.1 Å². The van der Waals surface area contributed by atoms with Gasteiger partial charge in [0.15, 0.2) is 0 Å². The Balaban J connectivity index is 2.53. The van der Waals surface area contributed by atoms with Gasteiger partial charge >= 0.3 is 0 Å². The molecule has 3 heteroatoms. The van der Waals surface area contributed by atoms with E-state index in [2.05, 4.69) is 6.92 Å². The molecule has 0 aromatic rings. The first kappa shape index (κ1) is 10.2. The van der Waals surface area contributed by atoms with Gasteiger partial charge < -0.3 is 5.73 Å². The molecule has 1 aliphatic rings. The van der Waals surface area contributed by atoms with Crippen molar-refractivity contribution in [3.63, 3.8) is 0 Å². The molecule has 0 spiro atoms. The summed E-state index contributed by atoms with van der Waals surface area (Å²) in [6, 6.07) is 0.179. The quantitative estimate of drug-likeness (QED) is 0.711. The molecular formula is C9H19NOS. The molecule has 4 atom stereocenters. The molecule has 0 aliphatic heterocycles. The van der Waals surface area contributed by atoms with E-state index in [9.17, 15) is 4.21 Å². The van der Waals surface area contributed by atoms with Crippen LogP contribution in [0.25, 0.3) is 0 Å². The number of hydrogen-bond donors (Lipinski definition) is 1. The van der Waals surface area contributed by atoms with Crippen LogP contribution >= 0.6 is 0 Å². The van der Waals surface area contributed by atoms with Crippen molar-refractivity contribution in [2.75, 3.05) is 6.26 Å². The third-order valence-electron chi connectivity index (χ3n) is 2.96. The molecule has 2 nitrogen and oxygen atoms in total. The van der Waals surface area contributed by atoms with Crippen molar-refractivity contribution in [3.8, 4) is 0 Å². The Kier molecular flexibility index (Phi) is 3.72. The van der Waals surface area contributed by atoms with Gasteiger partial charge in [-0.2, -0.15) is 0 Å². The maximum absolute atomic E-state index is 11.3. The highest BCUT2D eigenvalue weighted by atomic mass is 32.2. The van der Waals surface area contributed by atoms with Crippen LogP contribution in [0.5, 0.6) is 0 Å². The second-order valence-corrected chi connectivity index (χ2v) is 5.39.